The van der Waals surface area contributed by atoms with Gasteiger partial charge in [-0.15, -0.1) is 10.2 Å². The van der Waals surface area contributed by atoms with Crippen molar-refractivity contribution in [2.75, 3.05) is 13.6 Å². The van der Waals surface area contributed by atoms with Crippen molar-refractivity contribution in [3.05, 3.63) is 47.0 Å². The minimum atomic E-state index is 0.415. The lowest BCUT2D eigenvalue weighted by atomic mass is 10.0. The molecule has 1 aromatic carbocycles. The van der Waals surface area contributed by atoms with Crippen molar-refractivity contribution in [3.8, 4) is 0 Å². The Morgan fingerprint density at radius 1 is 1.15 bits per heavy atom. The number of aryl methyl sites for hydroxylation is 2. The largest absolute Gasteiger partial charge is 0.356 e. The van der Waals surface area contributed by atoms with Crippen LogP contribution in [0.3, 0.4) is 0 Å². The number of hydrogen-bond acceptors (Lipinski definition) is 3. The molecule has 1 aromatic heterocycles. The summed E-state index contributed by atoms with van der Waals surface area (Å²) >= 11 is 0. The van der Waals surface area contributed by atoms with Crippen LogP contribution < -0.4 is 10.6 Å². The molecule has 0 spiro atoms. The van der Waals surface area contributed by atoms with Gasteiger partial charge in [-0.2, -0.15) is 0 Å². The quantitative estimate of drug-likeness (QED) is 0.640. The predicted octanol–water partition coefficient (Wildman–Crippen LogP) is 2.78. The molecule has 0 fully saturated rings. The fraction of sp³-hybridized carbons (Fsp3) is 0.550. The Kier molecular flexibility index (Phi) is 6.26. The maximum Gasteiger partial charge on any atom is 0.191 e. The van der Waals surface area contributed by atoms with Gasteiger partial charge in [0.25, 0.3) is 0 Å². The minimum Gasteiger partial charge on any atom is -0.356 e. The van der Waals surface area contributed by atoms with Crippen LogP contribution in [0.5, 0.6) is 0 Å². The molecule has 6 heteroatoms. The van der Waals surface area contributed by atoms with Gasteiger partial charge in [-0.3, -0.25) is 4.99 Å². The molecule has 2 aromatic rings. The summed E-state index contributed by atoms with van der Waals surface area (Å²) in [5.41, 5.74) is 2.63. The topological polar surface area (TPSA) is 67.1 Å². The Labute approximate surface area is 156 Å². The van der Waals surface area contributed by atoms with Crippen LogP contribution >= 0.6 is 0 Å². The van der Waals surface area contributed by atoms with Gasteiger partial charge in [0.15, 0.2) is 11.8 Å². The number of guanidine groups is 1. The van der Waals surface area contributed by atoms with Gasteiger partial charge in [-0.25, -0.2) is 0 Å². The molecule has 0 bridgehead atoms. The Hall–Kier alpha value is -2.37. The van der Waals surface area contributed by atoms with E-state index in [9.17, 15) is 0 Å². The molecular weight excluding hydrogens is 324 g/mol. The van der Waals surface area contributed by atoms with Gasteiger partial charge in [-0.1, -0.05) is 43.2 Å². The van der Waals surface area contributed by atoms with Crippen LogP contribution in [-0.4, -0.2) is 34.3 Å². The van der Waals surface area contributed by atoms with E-state index in [0.717, 1.165) is 37.1 Å². The predicted molar refractivity (Wildman–Crippen MR) is 105 cm³/mol. The highest BCUT2D eigenvalue weighted by Gasteiger charge is 2.15. The van der Waals surface area contributed by atoms with Crippen molar-refractivity contribution in [2.24, 2.45) is 4.99 Å². The van der Waals surface area contributed by atoms with Gasteiger partial charge in [0.1, 0.15) is 5.82 Å². The fourth-order valence-electron chi connectivity index (χ4n) is 3.32. The average molecular weight is 355 g/mol. The van der Waals surface area contributed by atoms with E-state index in [0.29, 0.717) is 12.5 Å². The second kappa shape index (κ2) is 8.83. The van der Waals surface area contributed by atoms with Gasteiger partial charge >= 0.3 is 0 Å². The zero-order valence-corrected chi connectivity index (χ0v) is 16.1. The molecule has 6 nitrogen and oxygen atoms in total. The van der Waals surface area contributed by atoms with Gasteiger partial charge in [0.2, 0.25) is 0 Å². The zero-order valence-electron chi connectivity index (χ0n) is 16.1. The first-order chi connectivity index (χ1) is 12.7. The van der Waals surface area contributed by atoms with Crippen LogP contribution in [0.15, 0.2) is 29.3 Å². The zero-order chi connectivity index (χ0) is 18.4. The maximum absolute atomic E-state index is 4.36. The molecule has 1 atom stereocenters. The number of aromatic nitrogens is 3. The number of rotatable bonds is 5. The molecule has 2 heterocycles. The summed E-state index contributed by atoms with van der Waals surface area (Å²) < 4.78 is 2.27. The van der Waals surface area contributed by atoms with Crippen LogP contribution in [0, 0.1) is 6.92 Å². The third-order valence-corrected chi connectivity index (χ3v) is 5.05. The number of fused-ring (bicyclic) bond motifs is 1. The lowest BCUT2D eigenvalue weighted by molar-refractivity contribution is 0.595. The van der Waals surface area contributed by atoms with Crippen molar-refractivity contribution in [1.29, 1.82) is 0 Å². The van der Waals surface area contributed by atoms with E-state index in [1.165, 1.54) is 30.4 Å². The number of benzene rings is 1. The molecular formula is C20H30N6. The van der Waals surface area contributed by atoms with Crippen molar-refractivity contribution in [2.45, 2.75) is 58.5 Å². The van der Waals surface area contributed by atoms with Gasteiger partial charge in [-0.05, 0) is 31.2 Å². The number of aliphatic imine (C=N–C) groups is 1. The molecule has 0 saturated carbocycles. The summed E-state index contributed by atoms with van der Waals surface area (Å²) in [5, 5.41) is 15.5. The van der Waals surface area contributed by atoms with Crippen LogP contribution in [-0.2, 0) is 19.5 Å². The molecule has 140 valence electrons. The van der Waals surface area contributed by atoms with Crippen molar-refractivity contribution < 1.29 is 0 Å². The lowest BCUT2D eigenvalue weighted by Gasteiger charge is -2.16. The Morgan fingerprint density at radius 2 is 1.96 bits per heavy atom. The van der Waals surface area contributed by atoms with Crippen molar-refractivity contribution >= 4 is 5.96 Å². The van der Waals surface area contributed by atoms with E-state index >= 15 is 0 Å². The smallest absolute Gasteiger partial charge is 0.191 e. The van der Waals surface area contributed by atoms with E-state index in [2.05, 4.69) is 68.5 Å². The summed E-state index contributed by atoms with van der Waals surface area (Å²) in [5.74, 6) is 3.33. The lowest BCUT2D eigenvalue weighted by Crippen LogP contribution is -2.39. The van der Waals surface area contributed by atoms with Crippen LogP contribution in [0.2, 0.25) is 0 Å². The molecule has 0 aliphatic carbocycles. The summed E-state index contributed by atoms with van der Waals surface area (Å²) in [6.07, 6.45) is 4.73. The van der Waals surface area contributed by atoms with E-state index in [1.54, 1.807) is 7.05 Å². The fourth-order valence-corrected chi connectivity index (χ4v) is 3.32. The SMILES string of the molecule is CN=C(NCc1nnc2n1CCCCC2)NCC(C)c1ccc(C)cc1. The first-order valence-corrected chi connectivity index (χ1v) is 9.59. The van der Waals surface area contributed by atoms with E-state index in [-0.39, 0.29) is 0 Å². The van der Waals surface area contributed by atoms with Crippen LogP contribution in [0.4, 0.5) is 0 Å². The van der Waals surface area contributed by atoms with Gasteiger partial charge in [0, 0.05) is 26.6 Å². The number of nitrogens with zero attached hydrogens (tertiary/aromatic N) is 4. The van der Waals surface area contributed by atoms with E-state index in [1.807, 2.05) is 0 Å². The van der Waals surface area contributed by atoms with Gasteiger partial charge < -0.3 is 15.2 Å². The third-order valence-electron chi connectivity index (χ3n) is 5.05. The third kappa shape index (κ3) is 4.62. The minimum absolute atomic E-state index is 0.415. The molecule has 3 rings (SSSR count). The summed E-state index contributed by atoms with van der Waals surface area (Å²) in [6.45, 7) is 6.84. The average Bonchev–Trinajstić information content (AvgIpc) is 2.88. The van der Waals surface area contributed by atoms with Crippen molar-refractivity contribution in [1.82, 2.24) is 25.4 Å². The summed E-state index contributed by atoms with van der Waals surface area (Å²) in [6, 6.07) is 8.72. The first-order valence-electron chi connectivity index (χ1n) is 9.59. The van der Waals surface area contributed by atoms with Crippen molar-refractivity contribution in [3.63, 3.8) is 0 Å². The molecule has 1 unspecified atom stereocenters. The highest BCUT2D eigenvalue weighted by atomic mass is 15.3. The normalized spacial score (nSPS) is 15.9. The monoisotopic (exact) mass is 354 g/mol. The summed E-state index contributed by atoms with van der Waals surface area (Å²) in [7, 11) is 1.80. The second-order valence-corrected chi connectivity index (χ2v) is 7.11. The number of nitrogens with one attached hydrogen (secondary N) is 2. The highest BCUT2D eigenvalue weighted by Crippen LogP contribution is 2.15. The van der Waals surface area contributed by atoms with Crippen LogP contribution in [0.25, 0.3) is 0 Å². The molecule has 0 radical (unpaired) electrons. The Bertz CT molecular complexity index is 731. The maximum atomic E-state index is 4.36. The van der Waals surface area contributed by atoms with E-state index < -0.39 is 0 Å². The first kappa shape index (κ1) is 18.4. The molecule has 0 saturated heterocycles. The molecule has 1 aliphatic heterocycles. The molecule has 1 aliphatic rings. The summed E-state index contributed by atoms with van der Waals surface area (Å²) in [4.78, 5) is 4.33. The Balaban J connectivity index is 1.52. The van der Waals surface area contributed by atoms with Gasteiger partial charge in [0.05, 0.1) is 6.54 Å². The molecule has 26 heavy (non-hydrogen) atoms. The molecule has 2 N–H and O–H groups in total. The second-order valence-electron chi connectivity index (χ2n) is 7.11. The van der Waals surface area contributed by atoms with Crippen LogP contribution in [0.1, 0.15) is 54.9 Å². The standard InChI is InChI=1S/C20H30N6/c1-15-8-10-17(11-9-15)16(2)13-22-20(21-3)23-14-19-25-24-18-7-5-4-6-12-26(18)19/h8-11,16H,4-7,12-14H2,1-3H3,(H2,21,22,23). The van der Waals surface area contributed by atoms with E-state index in [4.69, 9.17) is 0 Å². The Morgan fingerprint density at radius 3 is 2.73 bits per heavy atom. The molecule has 0 amide bonds. The number of hydrogen-bond donors (Lipinski definition) is 2. The highest BCUT2D eigenvalue weighted by molar-refractivity contribution is 5.79.